The van der Waals surface area contributed by atoms with Gasteiger partial charge in [0.15, 0.2) is 0 Å². The van der Waals surface area contributed by atoms with E-state index >= 15 is 0 Å². The van der Waals surface area contributed by atoms with Gasteiger partial charge in [-0.25, -0.2) is 4.98 Å². The summed E-state index contributed by atoms with van der Waals surface area (Å²) in [5, 5.41) is 3.56. The number of methoxy groups -OCH3 is 1. The molecule has 1 unspecified atom stereocenters. The zero-order valence-corrected chi connectivity index (χ0v) is 11.7. The molecule has 1 aromatic heterocycles. The Labute approximate surface area is 109 Å². The van der Waals surface area contributed by atoms with Crippen molar-refractivity contribution in [1.29, 1.82) is 0 Å². The van der Waals surface area contributed by atoms with Crippen molar-refractivity contribution in [2.75, 3.05) is 20.2 Å². The molecule has 2 heterocycles. The Kier molecular flexibility index (Phi) is 3.88. The van der Waals surface area contributed by atoms with E-state index in [-0.39, 0.29) is 5.54 Å². The van der Waals surface area contributed by atoms with Crippen molar-refractivity contribution in [3.63, 3.8) is 0 Å². The maximum absolute atomic E-state index is 5.32. The second kappa shape index (κ2) is 5.24. The fraction of sp³-hybridized carbons (Fsp3) is 0.643. The summed E-state index contributed by atoms with van der Waals surface area (Å²) in [5.74, 6) is 0.737. The monoisotopic (exact) mass is 249 g/mol. The lowest BCUT2D eigenvalue weighted by Gasteiger charge is -2.43. The lowest BCUT2D eigenvalue weighted by molar-refractivity contribution is 0.0967. The van der Waals surface area contributed by atoms with Gasteiger partial charge in [0.2, 0.25) is 5.88 Å². The molecule has 1 atom stereocenters. The molecule has 0 aliphatic carbocycles. The van der Waals surface area contributed by atoms with E-state index in [0.717, 1.165) is 31.1 Å². The minimum absolute atomic E-state index is 0.169. The molecule has 1 aromatic rings. The van der Waals surface area contributed by atoms with Crippen LogP contribution in [-0.2, 0) is 6.54 Å². The van der Waals surface area contributed by atoms with Gasteiger partial charge in [-0.15, -0.1) is 0 Å². The molecule has 0 radical (unpaired) electrons. The Bertz CT molecular complexity index is 406. The van der Waals surface area contributed by atoms with E-state index in [2.05, 4.69) is 42.0 Å². The quantitative estimate of drug-likeness (QED) is 0.884. The van der Waals surface area contributed by atoms with Gasteiger partial charge in [-0.3, -0.25) is 4.90 Å². The van der Waals surface area contributed by atoms with Crippen LogP contribution in [0.25, 0.3) is 0 Å². The van der Waals surface area contributed by atoms with Crippen molar-refractivity contribution in [1.82, 2.24) is 15.2 Å². The van der Waals surface area contributed by atoms with Crippen molar-refractivity contribution in [3.05, 3.63) is 23.9 Å². The first-order valence-corrected chi connectivity index (χ1v) is 6.49. The number of aromatic nitrogens is 1. The van der Waals surface area contributed by atoms with Crippen LogP contribution in [0.3, 0.4) is 0 Å². The van der Waals surface area contributed by atoms with Crippen LogP contribution in [0, 0.1) is 0 Å². The van der Waals surface area contributed by atoms with Crippen molar-refractivity contribution in [3.8, 4) is 5.88 Å². The second-order valence-electron chi connectivity index (χ2n) is 5.69. The highest BCUT2D eigenvalue weighted by molar-refractivity contribution is 5.25. The number of hydrogen-bond acceptors (Lipinski definition) is 4. The highest BCUT2D eigenvalue weighted by Crippen LogP contribution is 2.21. The average Bonchev–Trinajstić information content (AvgIpc) is 2.34. The van der Waals surface area contributed by atoms with Crippen LogP contribution in [0.15, 0.2) is 18.3 Å². The minimum Gasteiger partial charge on any atom is -0.481 e. The zero-order chi connectivity index (χ0) is 13.2. The van der Waals surface area contributed by atoms with Gasteiger partial charge < -0.3 is 10.1 Å². The largest absolute Gasteiger partial charge is 0.481 e. The molecule has 0 bridgehead atoms. The van der Waals surface area contributed by atoms with Gasteiger partial charge >= 0.3 is 0 Å². The SMILES string of the molecule is COc1ncccc1CN1CC(C)(C)NCC1C. The molecule has 4 nitrogen and oxygen atoms in total. The van der Waals surface area contributed by atoms with Crippen LogP contribution in [0.1, 0.15) is 26.3 Å². The summed E-state index contributed by atoms with van der Waals surface area (Å²) in [4.78, 5) is 6.74. The summed E-state index contributed by atoms with van der Waals surface area (Å²) in [5.41, 5.74) is 1.33. The van der Waals surface area contributed by atoms with Gasteiger partial charge in [-0.2, -0.15) is 0 Å². The predicted octanol–water partition coefficient (Wildman–Crippen LogP) is 1.66. The lowest BCUT2D eigenvalue weighted by atomic mass is 9.99. The molecule has 1 aliphatic rings. The smallest absolute Gasteiger partial charge is 0.217 e. The van der Waals surface area contributed by atoms with E-state index < -0.39 is 0 Å². The van der Waals surface area contributed by atoms with Crippen molar-refractivity contribution in [2.45, 2.75) is 38.9 Å². The van der Waals surface area contributed by atoms with Crippen LogP contribution in [0.4, 0.5) is 0 Å². The highest BCUT2D eigenvalue weighted by atomic mass is 16.5. The van der Waals surface area contributed by atoms with Gasteiger partial charge in [0.1, 0.15) is 0 Å². The number of ether oxygens (including phenoxy) is 1. The fourth-order valence-electron chi connectivity index (χ4n) is 2.43. The Balaban J connectivity index is 2.12. The number of nitrogens with one attached hydrogen (secondary N) is 1. The topological polar surface area (TPSA) is 37.4 Å². The number of nitrogens with zero attached hydrogens (tertiary/aromatic N) is 2. The number of hydrogen-bond donors (Lipinski definition) is 1. The highest BCUT2D eigenvalue weighted by Gasteiger charge is 2.30. The molecule has 18 heavy (non-hydrogen) atoms. The summed E-state index contributed by atoms with van der Waals surface area (Å²) in [7, 11) is 1.68. The third-order valence-corrected chi connectivity index (χ3v) is 3.51. The summed E-state index contributed by atoms with van der Waals surface area (Å²) in [6, 6.07) is 4.59. The Morgan fingerprint density at radius 1 is 1.56 bits per heavy atom. The molecule has 0 spiro atoms. The Morgan fingerprint density at radius 2 is 2.33 bits per heavy atom. The first-order chi connectivity index (χ1) is 8.52. The van der Waals surface area contributed by atoms with Crippen LogP contribution in [0.2, 0.25) is 0 Å². The molecule has 1 saturated heterocycles. The molecule has 100 valence electrons. The van der Waals surface area contributed by atoms with Crippen LogP contribution < -0.4 is 10.1 Å². The summed E-state index contributed by atoms with van der Waals surface area (Å²) in [6.07, 6.45) is 1.77. The molecule has 1 N–H and O–H groups in total. The zero-order valence-electron chi connectivity index (χ0n) is 11.7. The second-order valence-corrected chi connectivity index (χ2v) is 5.69. The Morgan fingerprint density at radius 3 is 3.06 bits per heavy atom. The molecular formula is C14H23N3O. The van der Waals surface area contributed by atoms with Gasteiger partial charge in [-0.1, -0.05) is 6.07 Å². The molecule has 0 amide bonds. The lowest BCUT2D eigenvalue weighted by Crippen LogP contribution is -2.60. The standard InChI is InChI=1S/C14H23N3O/c1-11-8-16-14(2,3)10-17(11)9-12-6-5-7-15-13(12)18-4/h5-7,11,16H,8-10H2,1-4H3. The van der Waals surface area contributed by atoms with Crippen LogP contribution >= 0.6 is 0 Å². The van der Waals surface area contributed by atoms with Gasteiger partial charge in [0.05, 0.1) is 7.11 Å². The maximum Gasteiger partial charge on any atom is 0.217 e. The summed E-state index contributed by atoms with van der Waals surface area (Å²) in [6.45, 7) is 9.69. The molecule has 2 rings (SSSR count). The van der Waals surface area contributed by atoms with Gasteiger partial charge in [0, 0.05) is 43.0 Å². The van der Waals surface area contributed by atoms with Crippen molar-refractivity contribution in [2.24, 2.45) is 0 Å². The third kappa shape index (κ3) is 3.00. The van der Waals surface area contributed by atoms with E-state index in [4.69, 9.17) is 4.74 Å². The van der Waals surface area contributed by atoms with Gasteiger partial charge in [0.25, 0.3) is 0 Å². The van der Waals surface area contributed by atoms with Gasteiger partial charge in [-0.05, 0) is 26.8 Å². The number of rotatable bonds is 3. The molecule has 0 aromatic carbocycles. The van der Waals surface area contributed by atoms with Crippen LogP contribution in [0.5, 0.6) is 5.88 Å². The van der Waals surface area contributed by atoms with Crippen molar-refractivity contribution < 1.29 is 4.74 Å². The summed E-state index contributed by atoms with van der Waals surface area (Å²) >= 11 is 0. The van der Waals surface area contributed by atoms with E-state index in [1.165, 1.54) is 0 Å². The molecule has 4 heteroatoms. The van der Waals surface area contributed by atoms with E-state index in [0.29, 0.717) is 6.04 Å². The van der Waals surface area contributed by atoms with E-state index in [1.54, 1.807) is 13.3 Å². The van der Waals surface area contributed by atoms with Crippen LogP contribution in [-0.4, -0.2) is 41.7 Å². The number of pyridine rings is 1. The van der Waals surface area contributed by atoms with Crippen molar-refractivity contribution >= 4 is 0 Å². The predicted molar refractivity (Wildman–Crippen MR) is 72.7 cm³/mol. The van der Waals surface area contributed by atoms with E-state index in [9.17, 15) is 0 Å². The van der Waals surface area contributed by atoms with E-state index in [1.807, 2.05) is 6.07 Å². The maximum atomic E-state index is 5.32. The normalized spacial score (nSPS) is 23.9. The molecule has 1 fully saturated rings. The minimum atomic E-state index is 0.169. The molecule has 0 saturated carbocycles. The average molecular weight is 249 g/mol. The fourth-order valence-corrected chi connectivity index (χ4v) is 2.43. The summed E-state index contributed by atoms with van der Waals surface area (Å²) < 4.78 is 5.32. The number of piperazine rings is 1. The molecule has 1 aliphatic heterocycles. The first kappa shape index (κ1) is 13.3. The first-order valence-electron chi connectivity index (χ1n) is 6.49. The molecular weight excluding hydrogens is 226 g/mol. The third-order valence-electron chi connectivity index (χ3n) is 3.51. The Hall–Kier alpha value is -1.13.